The number of hydrogen-bond acceptors (Lipinski definition) is 3. The van der Waals surface area contributed by atoms with E-state index in [9.17, 15) is 4.79 Å². The van der Waals surface area contributed by atoms with Crippen molar-refractivity contribution >= 4 is 11.6 Å². The largest absolute Gasteiger partial charge is 0.384 e. The van der Waals surface area contributed by atoms with Gasteiger partial charge in [0.1, 0.15) is 5.69 Å². The van der Waals surface area contributed by atoms with Crippen molar-refractivity contribution in [2.75, 3.05) is 11.9 Å². The molecule has 1 aromatic heterocycles. The zero-order valence-corrected chi connectivity index (χ0v) is 12.2. The van der Waals surface area contributed by atoms with E-state index < -0.39 is 5.91 Å². The Morgan fingerprint density at radius 3 is 2.79 bits per heavy atom. The average molecular weight is 263 g/mol. The molecule has 4 heteroatoms. The normalized spacial score (nSPS) is 11.3. The number of nitrogens with one attached hydrogen (secondary N) is 1. The highest BCUT2D eigenvalue weighted by Gasteiger charge is 2.17. The number of nitrogens with zero attached hydrogens (tertiary/aromatic N) is 1. The number of primary amides is 1. The predicted molar refractivity (Wildman–Crippen MR) is 79.2 cm³/mol. The van der Waals surface area contributed by atoms with Gasteiger partial charge in [-0.15, -0.1) is 0 Å². The van der Waals surface area contributed by atoms with E-state index in [2.05, 4.69) is 31.1 Å². The van der Waals surface area contributed by atoms with Gasteiger partial charge in [0.05, 0.1) is 0 Å². The van der Waals surface area contributed by atoms with E-state index in [-0.39, 0.29) is 5.41 Å². The van der Waals surface area contributed by atoms with E-state index in [4.69, 9.17) is 5.73 Å². The monoisotopic (exact) mass is 263 g/mol. The number of aromatic nitrogens is 1. The Morgan fingerprint density at radius 1 is 1.42 bits per heavy atom. The minimum atomic E-state index is -0.495. The first-order valence-corrected chi connectivity index (χ1v) is 6.94. The molecule has 0 aliphatic rings. The van der Waals surface area contributed by atoms with E-state index in [0.29, 0.717) is 5.69 Å². The molecular weight excluding hydrogens is 238 g/mol. The van der Waals surface area contributed by atoms with Crippen LogP contribution in [-0.4, -0.2) is 17.4 Å². The summed E-state index contributed by atoms with van der Waals surface area (Å²) < 4.78 is 0. The molecule has 1 heterocycles. The highest BCUT2D eigenvalue weighted by molar-refractivity contribution is 5.91. The van der Waals surface area contributed by atoms with Crippen LogP contribution < -0.4 is 11.1 Å². The summed E-state index contributed by atoms with van der Waals surface area (Å²) >= 11 is 0. The molecule has 19 heavy (non-hydrogen) atoms. The molecule has 0 aliphatic carbocycles. The van der Waals surface area contributed by atoms with Crippen molar-refractivity contribution < 1.29 is 4.79 Å². The minimum absolute atomic E-state index is 0.241. The van der Waals surface area contributed by atoms with Crippen molar-refractivity contribution in [1.82, 2.24) is 4.98 Å². The number of carbonyl (C=O) groups excluding carboxylic acids is 1. The van der Waals surface area contributed by atoms with Crippen molar-refractivity contribution in [2.45, 2.75) is 46.5 Å². The van der Waals surface area contributed by atoms with Gasteiger partial charge >= 0.3 is 0 Å². The van der Waals surface area contributed by atoms with Gasteiger partial charge in [-0.05, 0) is 24.0 Å². The number of hydrogen-bond donors (Lipinski definition) is 2. The van der Waals surface area contributed by atoms with Crippen LogP contribution in [0.4, 0.5) is 5.69 Å². The maximum atomic E-state index is 11.1. The molecule has 3 N–H and O–H groups in total. The fourth-order valence-corrected chi connectivity index (χ4v) is 1.96. The molecule has 1 aromatic rings. The lowest BCUT2D eigenvalue weighted by atomic mass is 9.87. The summed E-state index contributed by atoms with van der Waals surface area (Å²) in [5.41, 5.74) is 6.65. The van der Waals surface area contributed by atoms with E-state index >= 15 is 0 Å². The minimum Gasteiger partial charge on any atom is -0.384 e. The summed E-state index contributed by atoms with van der Waals surface area (Å²) in [6.07, 6.45) is 6.59. The summed E-state index contributed by atoms with van der Waals surface area (Å²) in [4.78, 5) is 15.0. The SMILES string of the molecule is CCCCCC(C)(C)CNc1ccnc(C(N)=O)c1. The predicted octanol–water partition coefficient (Wildman–Crippen LogP) is 3.20. The average Bonchev–Trinajstić information content (AvgIpc) is 2.37. The Morgan fingerprint density at radius 2 is 2.16 bits per heavy atom. The van der Waals surface area contributed by atoms with Gasteiger partial charge < -0.3 is 11.1 Å². The number of amides is 1. The van der Waals surface area contributed by atoms with Gasteiger partial charge in [0.15, 0.2) is 0 Å². The third-order valence-corrected chi connectivity index (χ3v) is 3.24. The second kappa shape index (κ2) is 7.12. The third kappa shape index (κ3) is 5.73. The van der Waals surface area contributed by atoms with E-state index in [1.165, 1.54) is 25.7 Å². The van der Waals surface area contributed by atoms with Gasteiger partial charge in [0.25, 0.3) is 5.91 Å². The number of unbranched alkanes of at least 4 members (excludes halogenated alkanes) is 2. The quantitative estimate of drug-likeness (QED) is 0.708. The van der Waals surface area contributed by atoms with Gasteiger partial charge in [0, 0.05) is 18.4 Å². The second-order valence-electron chi connectivity index (χ2n) is 5.77. The fourth-order valence-electron chi connectivity index (χ4n) is 1.96. The molecule has 0 aromatic carbocycles. The van der Waals surface area contributed by atoms with Crippen LogP contribution in [0.25, 0.3) is 0 Å². The second-order valence-corrected chi connectivity index (χ2v) is 5.77. The summed E-state index contributed by atoms with van der Waals surface area (Å²) in [5, 5.41) is 3.36. The van der Waals surface area contributed by atoms with Crippen molar-refractivity contribution in [3.05, 3.63) is 24.0 Å². The van der Waals surface area contributed by atoms with Crippen LogP contribution in [0.3, 0.4) is 0 Å². The molecule has 4 nitrogen and oxygen atoms in total. The Kier molecular flexibility index (Phi) is 5.80. The number of anilines is 1. The lowest BCUT2D eigenvalue weighted by Crippen LogP contribution is -2.23. The van der Waals surface area contributed by atoms with Crippen molar-refractivity contribution in [1.29, 1.82) is 0 Å². The molecule has 0 unspecified atom stereocenters. The Hall–Kier alpha value is -1.58. The summed E-state index contributed by atoms with van der Waals surface area (Å²) in [5.74, 6) is -0.495. The number of rotatable bonds is 8. The Bertz CT molecular complexity index is 416. The van der Waals surface area contributed by atoms with E-state index in [1.54, 1.807) is 12.3 Å². The molecule has 0 saturated heterocycles. The van der Waals surface area contributed by atoms with Crippen LogP contribution in [0.5, 0.6) is 0 Å². The summed E-state index contributed by atoms with van der Waals surface area (Å²) in [7, 11) is 0. The lowest BCUT2D eigenvalue weighted by Gasteiger charge is -2.25. The Balaban J connectivity index is 2.51. The molecule has 0 saturated carbocycles. The van der Waals surface area contributed by atoms with Crippen molar-refractivity contribution in [3.8, 4) is 0 Å². The van der Waals surface area contributed by atoms with Gasteiger partial charge in [-0.1, -0.05) is 40.0 Å². The van der Waals surface area contributed by atoms with E-state index in [0.717, 1.165) is 12.2 Å². The van der Waals surface area contributed by atoms with Crippen LogP contribution in [0.2, 0.25) is 0 Å². The zero-order valence-electron chi connectivity index (χ0n) is 12.2. The summed E-state index contributed by atoms with van der Waals surface area (Å²) in [6, 6.07) is 3.55. The third-order valence-electron chi connectivity index (χ3n) is 3.24. The number of pyridine rings is 1. The molecule has 1 amide bonds. The first-order chi connectivity index (χ1) is 8.94. The van der Waals surface area contributed by atoms with Gasteiger partial charge in [-0.2, -0.15) is 0 Å². The van der Waals surface area contributed by atoms with Crippen LogP contribution in [0.1, 0.15) is 56.9 Å². The molecular formula is C15H25N3O. The molecule has 0 fully saturated rings. The molecule has 0 spiro atoms. The first-order valence-electron chi connectivity index (χ1n) is 6.94. The van der Waals surface area contributed by atoms with Crippen LogP contribution in [-0.2, 0) is 0 Å². The van der Waals surface area contributed by atoms with Crippen LogP contribution in [0.15, 0.2) is 18.3 Å². The number of carbonyl (C=O) groups is 1. The first kappa shape index (κ1) is 15.5. The summed E-state index contributed by atoms with van der Waals surface area (Å²) in [6.45, 7) is 7.60. The fraction of sp³-hybridized carbons (Fsp3) is 0.600. The zero-order chi connectivity index (χ0) is 14.3. The highest BCUT2D eigenvalue weighted by Crippen LogP contribution is 2.24. The Labute approximate surface area is 115 Å². The maximum Gasteiger partial charge on any atom is 0.267 e. The highest BCUT2D eigenvalue weighted by atomic mass is 16.1. The standard InChI is InChI=1S/C15H25N3O/c1-4-5-6-8-15(2,3)11-18-12-7-9-17-13(10-12)14(16)19/h7,9-10H,4-6,8,11H2,1-3H3,(H2,16,19)(H,17,18). The van der Waals surface area contributed by atoms with Gasteiger partial charge in [0.2, 0.25) is 0 Å². The van der Waals surface area contributed by atoms with Crippen LogP contribution in [0, 0.1) is 5.41 Å². The molecule has 0 atom stereocenters. The molecule has 0 aliphatic heterocycles. The van der Waals surface area contributed by atoms with Crippen molar-refractivity contribution in [2.24, 2.45) is 11.1 Å². The van der Waals surface area contributed by atoms with Crippen LogP contribution >= 0.6 is 0 Å². The van der Waals surface area contributed by atoms with E-state index in [1.807, 2.05) is 6.07 Å². The molecule has 1 rings (SSSR count). The van der Waals surface area contributed by atoms with Crippen molar-refractivity contribution in [3.63, 3.8) is 0 Å². The maximum absolute atomic E-state index is 11.1. The van der Waals surface area contributed by atoms with Gasteiger partial charge in [-0.3, -0.25) is 9.78 Å². The number of nitrogens with two attached hydrogens (primary N) is 1. The smallest absolute Gasteiger partial charge is 0.267 e. The van der Waals surface area contributed by atoms with Gasteiger partial charge in [-0.25, -0.2) is 0 Å². The topological polar surface area (TPSA) is 68.0 Å². The lowest BCUT2D eigenvalue weighted by molar-refractivity contribution is 0.0995. The molecule has 0 radical (unpaired) electrons. The molecule has 106 valence electrons. The molecule has 0 bridgehead atoms.